The van der Waals surface area contributed by atoms with Crippen LogP contribution in [0.2, 0.25) is 0 Å². The van der Waals surface area contributed by atoms with Gasteiger partial charge in [0.25, 0.3) is 0 Å². The van der Waals surface area contributed by atoms with Crippen LogP contribution in [0.25, 0.3) is 0 Å². The molecule has 0 aromatic heterocycles. The van der Waals surface area contributed by atoms with E-state index in [9.17, 15) is 13.2 Å². The van der Waals surface area contributed by atoms with E-state index in [2.05, 4.69) is 26.4 Å². The molecular weight excluding hydrogens is 347 g/mol. The average Bonchev–Trinajstić information content (AvgIpc) is 2.64. The van der Waals surface area contributed by atoms with Crippen LogP contribution in [0.4, 0.5) is 13.2 Å². The van der Waals surface area contributed by atoms with Gasteiger partial charge in [0, 0.05) is 20.1 Å². The van der Waals surface area contributed by atoms with E-state index in [-0.39, 0.29) is 5.75 Å². The van der Waals surface area contributed by atoms with Crippen molar-refractivity contribution in [1.29, 1.82) is 0 Å². The van der Waals surface area contributed by atoms with Crippen molar-refractivity contribution in [1.82, 2.24) is 10.6 Å². The van der Waals surface area contributed by atoms with Crippen molar-refractivity contribution in [3.05, 3.63) is 41.5 Å². The Bertz CT molecular complexity index is 613. The largest absolute Gasteiger partial charge is 0.484 e. The Morgan fingerprint density at radius 1 is 1.23 bits per heavy atom. The van der Waals surface area contributed by atoms with Gasteiger partial charge in [-0.15, -0.1) is 0 Å². The monoisotopic (exact) mass is 371 g/mol. The molecule has 0 saturated heterocycles. The van der Waals surface area contributed by atoms with Crippen LogP contribution in [0.15, 0.2) is 40.9 Å². The molecule has 0 atom stereocenters. The smallest absolute Gasteiger partial charge is 0.422 e. The fraction of sp³-hybridized carbons (Fsp3) is 0.500. The number of halogens is 3. The molecular formula is C18H24F3N3O2. The molecule has 5 nitrogen and oxygen atoms in total. The van der Waals surface area contributed by atoms with E-state index in [1.807, 2.05) is 0 Å². The highest BCUT2D eigenvalue weighted by Crippen LogP contribution is 2.18. The van der Waals surface area contributed by atoms with E-state index in [1.165, 1.54) is 17.7 Å². The summed E-state index contributed by atoms with van der Waals surface area (Å²) in [7, 11) is 1.69. The van der Waals surface area contributed by atoms with Crippen LogP contribution in [0, 0.1) is 0 Å². The molecule has 8 heteroatoms. The van der Waals surface area contributed by atoms with Crippen molar-refractivity contribution in [3.63, 3.8) is 0 Å². The molecule has 0 bridgehead atoms. The molecule has 0 aliphatic carbocycles. The molecule has 1 heterocycles. The van der Waals surface area contributed by atoms with E-state index in [1.54, 1.807) is 19.2 Å². The zero-order chi connectivity index (χ0) is 18.8. The summed E-state index contributed by atoms with van der Waals surface area (Å²) in [6.07, 6.45) is -0.311. The topological polar surface area (TPSA) is 54.9 Å². The molecule has 0 spiro atoms. The Morgan fingerprint density at radius 2 is 2.00 bits per heavy atom. The summed E-state index contributed by atoms with van der Waals surface area (Å²) in [6.45, 7) is 1.46. The highest BCUT2D eigenvalue weighted by Gasteiger charge is 2.28. The van der Waals surface area contributed by atoms with Crippen LogP contribution in [-0.2, 0) is 11.3 Å². The third-order valence-corrected chi connectivity index (χ3v) is 3.81. The molecule has 0 fully saturated rings. The first-order valence-electron chi connectivity index (χ1n) is 8.45. The number of rotatable bonds is 7. The molecule has 2 rings (SSSR count). The predicted molar refractivity (Wildman–Crippen MR) is 94.3 cm³/mol. The lowest BCUT2D eigenvalue weighted by molar-refractivity contribution is -0.153. The maximum atomic E-state index is 12.1. The Labute approximate surface area is 151 Å². The van der Waals surface area contributed by atoms with E-state index < -0.39 is 12.8 Å². The van der Waals surface area contributed by atoms with Crippen LogP contribution < -0.4 is 15.4 Å². The van der Waals surface area contributed by atoms with Gasteiger partial charge < -0.3 is 20.1 Å². The Morgan fingerprint density at radius 3 is 2.62 bits per heavy atom. The first kappa shape index (κ1) is 20.1. The lowest BCUT2D eigenvalue weighted by Crippen LogP contribution is -2.37. The minimum Gasteiger partial charge on any atom is -0.484 e. The first-order chi connectivity index (χ1) is 12.5. The number of ether oxygens (including phenoxy) is 2. The summed E-state index contributed by atoms with van der Waals surface area (Å²) in [5, 5.41) is 6.42. The lowest BCUT2D eigenvalue weighted by Gasteiger charge is -2.15. The van der Waals surface area contributed by atoms with Gasteiger partial charge in [0.15, 0.2) is 12.6 Å². The molecule has 1 aliphatic heterocycles. The molecule has 1 aromatic carbocycles. The number of benzene rings is 1. The van der Waals surface area contributed by atoms with Crippen molar-refractivity contribution < 1.29 is 22.6 Å². The molecule has 1 aromatic rings. The van der Waals surface area contributed by atoms with Crippen LogP contribution >= 0.6 is 0 Å². The zero-order valence-corrected chi connectivity index (χ0v) is 14.7. The maximum absolute atomic E-state index is 12.1. The Hall–Kier alpha value is -2.22. The summed E-state index contributed by atoms with van der Waals surface area (Å²) in [5.41, 5.74) is 2.30. The summed E-state index contributed by atoms with van der Waals surface area (Å²) in [6, 6.07) is 6.49. The second kappa shape index (κ2) is 10.1. The first-order valence-corrected chi connectivity index (χ1v) is 8.45. The minimum absolute atomic E-state index is 0.193. The normalized spacial score (nSPS) is 15.4. The van der Waals surface area contributed by atoms with Gasteiger partial charge in [-0.05, 0) is 30.5 Å². The number of alkyl halides is 3. The molecule has 2 N–H and O–H groups in total. The third-order valence-electron chi connectivity index (χ3n) is 3.81. The molecule has 0 radical (unpaired) electrons. The molecule has 0 amide bonds. The van der Waals surface area contributed by atoms with E-state index >= 15 is 0 Å². The number of guanidine groups is 1. The van der Waals surface area contributed by atoms with E-state index in [0.717, 1.165) is 31.6 Å². The number of aliphatic imine (C=N–C) groups is 1. The standard InChI is InChI=1S/C18H24F3N3O2/c1-22-17(23-9-6-14-7-10-25-11-8-14)24-12-15-2-4-16(5-3-15)26-13-18(19,20)21/h2-5,7H,6,8-13H2,1H3,(H2,22,23,24). The number of hydrogen-bond acceptors (Lipinski definition) is 3. The van der Waals surface area contributed by atoms with Crippen LogP contribution in [0.1, 0.15) is 18.4 Å². The number of nitrogens with zero attached hydrogens (tertiary/aromatic N) is 1. The summed E-state index contributed by atoms with van der Waals surface area (Å²) in [5.74, 6) is 0.869. The van der Waals surface area contributed by atoms with Crippen molar-refractivity contribution in [3.8, 4) is 5.75 Å². The second-order valence-electron chi connectivity index (χ2n) is 5.84. The molecule has 26 heavy (non-hydrogen) atoms. The predicted octanol–water partition coefficient (Wildman–Crippen LogP) is 3.03. The second-order valence-corrected chi connectivity index (χ2v) is 5.84. The average molecular weight is 371 g/mol. The summed E-state index contributed by atoms with van der Waals surface area (Å²) in [4.78, 5) is 4.16. The van der Waals surface area contributed by atoms with Crippen LogP contribution in [0.3, 0.4) is 0 Å². The Balaban J connectivity index is 1.71. The van der Waals surface area contributed by atoms with E-state index in [0.29, 0.717) is 19.1 Å². The van der Waals surface area contributed by atoms with Crippen LogP contribution in [-0.4, -0.2) is 45.5 Å². The van der Waals surface area contributed by atoms with Gasteiger partial charge in [0.2, 0.25) is 0 Å². The minimum atomic E-state index is -4.33. The highest BCUT2D eigenvalue weighted by atomic mass is 19.4. The number of hydrogen-bond donors (Lipinski definition) is 2. The van der Waals surface area contributed by atoms with Gasteiger partial charge in [0.1, 0.15) is 5.75 Å². The fourth-order valence-electron chi connectivity index (χ4n) is 2.41. The van der Waals surface area contributed by atoms with Gasteiger partial charge in [0.05, 0.1) is 13.2 Å². The van der Waals surface area contributed by atoms with Gasteiger partial charge in [-0.2, -0.15) is 13.2 Å². The summed E-state index contributed by atoms with van der Waals surface area (Å²) < 4.78 is 46.3. The number of nitrogens with one attached hydrogen (secondary N) is 2. The fourth-order valence-corrected chi connectivity index (χ4v) is 2.41. The lowest BCUT2D eigenvalue weighted by atomic mass is 10.1. The van der Waals surface area contributed by atoms with Crippen molar-refractivity contribution in [2.24, 2.45) is 4.99 Å². The van der Waals surface area contributed by atoms with Crippen molar-refractivity contribution in [2.45, 2.75) is 25.6 Å². The van der Waals surface area contributed by atoms with Gasteiger partial charge in [-0.1, -0.05) is 23.8 Å². The zero-order valence-electron chi connectivity index (χ0n) is 14.7. The van der Waals surface area contributed by atoms with Crippen molar-refractivity contribution in [2.75, 3.05) is 33.4 Å². The summed E-state index contributed by atoms with van der Waals surface area (Å²) >= 11 is 0. The van der Waals surface area contributed by atoms with E-state index in [4.69, 9.17) is 4.74 Å². The van der Waals surface area contributed by atoms with Crippen LogP contribution in [0.5, 0.6) is 5.75 Å². The molecule has 0 unspecified atom stereocenters. The SMILES string of the molecule is CN=C(NCCC1=CCOCC1)NCc1ccc(OCC(F)(F)F)cc1. The molecule has 144 valence electrons. The van der Waals surface area contributed by atoms with Gasteiger partial charge in [-0.25, -0.2) is 0 Å². The Kier molecular flexibility index (Phi) is 7.77. The quantitative estimate of drug-likeness (QED) is 0.440. The van der Waals surface area contributed by atoms with Crippen molar-refractivity contribution >= 4 is 5.96 Å². The van der Waals surface area contributed by atoms with Gasteiger partial charge in [-0.3, -0.25) is 4.99 Å². The third kappa shape index (κ3) is 7.77. The molecule has 1 aliphatic rings. The highest BCUT2D eigenvalue weighted by molar-refractivity contribution is 5.79. The molecule has 0 saturated carbocycles. The van der Waals surface area contributed by atoms with Gasteiger partial charge >= 0.3 is 6.18 Å². The maximum Gasteiger partial charge on any atom is 0.422 e.